The molecule has 0 heterocycles. The maximum atomic E-state index is 9.19. The Morgan fingerprint density at radius 3 is 2.00 bits per heavy atom. The van der Waals surface area contributed by atoms with Gasteiger partial charge in [-0.3, -0.25) is 0 Å². The maximum absolute atomic E-state index is 9.19. The van der Waals surface area contributed by atoms with E-state index in [0.717, 1.165) is 12.0 Å². The fourth-order valence-electron chi connectivity index (χ4n) is 1.77. The first-order valence-corrected chi connectivity index (χ1v) is 5.38. The summed E-state index contributed by atoms with van der Waals surface area (Å²) in [6.07, 6.45) is 0.779. The fraction of sp³-hybridized carbons (Fsp3) is 0.143. The summed E-state index contributed by atoms with van der Waals surface area (Å²) in [6.45, 7) is 0. The molecule has 0 saturated heterocycles. The van der Waals surface area contributed by atoms with Crippen LogP contribution in [0.5, 0.6) is 0 Å². The van der Waals surface area contributed by atoms with Crippen LogP contribution in [0, 0.1) is 0 Å². The van der Waals surface area contributed by atoms with Crippen LogP contribution in [0.3, 0.4) is 0 Å². The van der Waals surface area contributed by atoms with Gasteiger partial charge in [-0.05, 0) is 17.5 Å². The lowest BCUT2D eigenvalue weighted by Gasteiger charge is -2.15. The smallest absolute Gasteiger partial charge is 0.0609 e. The minimum atomic E-state index is -0.0522. The second kappa shape index (κ2) is 5.45. The Morgan fingerprint density at radius 2 is 1.44 bits per heavy atom. The Labute approximate surface area is 95.5 Å². The summed E-state index contributed by atoms with van der Waals surface area (Å²) in [5.74, 6) is 0. The lowest BCUT2D eigenvalue weighted by molar-refractivity contribution is 0.126. The van der Waals surface area contributed by atoms with Gasteiger partial charge in [0.15, 0.2) is 0 Å². The van der Waals surface area contributed by atoms with Crippen molar-refractivity contribution in [3.63, 3.8) is 0 Å². The second-order valence-electron chi connectivity index (χ2n) is 3.78. The SMILES string of the molecule is ONC(Cc1ccccc1)c1ccccc1. The Hall–Kier alpha value is -1.64. The third kappa shape index (κ3) is 2.69. The van der Waals surface area contributed by atoms with E-state index in [1.807, 2.05) is 48.5 Å². The molecular weight excluding hydrogens is 198 g/mol. The summed E-state index contributed by atoms with van der Waals surface area (Å²) >= 11 is 0. The molecule has 0 bridgehead atoms. The highest BCUT2D eigenvalue weighted by atomic mass is 16.5. The molecular formula is C14H15NO. The maximum Gasteiger partial charge on any atom is 0.0609 e. The van der Waals surface area contributed by atoms with Crippen molar-refractivity contribution < 1.29 is 5.21 Å². The van der Waals surface area contributed by atoms with E-state index in [4.69, 9.17) is 0 Å². The number of benzene rings is 2. The molecule has 2 heteroatoms. The third-order valence-corrected chi connectivity index (χ3v) is 2.64. The predicted molar refractivity (Wildman–Crippen MR) is 64.3 cm³/mol. The van der Waals surface area contributed by atoms with Crippen molar-refractivity contribution in [2.45, 2.75) is 12.5 Å². The highest BCUT2D eigenvalue weighted by molar-refractivity contribution is 5.23. The quantitative estimate of drug-likeness (QED) is 0.765. The minimum Gasteiger partial charge on any atom is -0.316 e. The summed E-state index contributed by atoms with van der Waals surface area (Å²) in [5.41, 5.74) is 4.66. The summed E-state index contributed by atoms with van der Waals surface area (Å²) in [4.78, 5) is 0. The fourth-order valence-corrected chi connectivity index (χ4v) is 1.77. The number of rotatable bonds is 4. The Morgan fingerprint density at radius 1 is 0.875 bits per heavy atom. The zero-order valence-corrected chi connectivity index (χ0v) is 9.01. The van der Waals surface area contributed by atoms with Crippen LogP contribution in [0.25, 0.3) is 0 Å². The van der Waals surface area contributed by atoms with Crippen LogP contribution in [-0.2, 0) is 6.42 Å². The van der Waals surface area contributed by atoms with Crippen LogP contribution in [0.15, 0.2) is 60.7 Å². The minimum absolute atomic E-state index is 0.0522. The molecule has 0 aliphatic heterocycles. The van der Waals surface area contributed by atoms with Crippen LogP contribution in [0.1, 0.15) is 17.2 Å². The first-order chi connectivity index (χ1) is 7.90. The standard InChI is InChI=1S/C14H15NO/c16-15-14(13-9-5-2-6-10-13)11-12-7-3-1-4-8-12/h1-10,14-16H,11H2. The molecule has 0 spiro atoms. The normalized spacial score (nSPS) is 12.3. The molecule has 1 atom stereocenters. The zero-order chi connectivity index (χ0) is 11.2. The molecule has 0 aliphatic carbocycles. The highest BCUT2D eigenvalue weighted by Gasteiger charge is 2.09. The van der Waals surface area contributed by atoms with Crippen molar-refractivity contribution in [1.82, 2.24) is 5.48 Å². The monoisotopic (exact) mass is 213 g/mol. The average Bonchev–Trinajstić information content (AvgIpc) is 2.38. The number of hydrogen-bond donors (Lipinski definition) is 2. The second-order valence-corrected chi connectivity index (χ2v) is 3.78. The molecule has 0 aromatic heterocycles. The van der Waals surface area contributed by atoms with Crippen LogP contribution in [0.4, 0.5) is 0 Å². The van der Waals surface area contributed by atoms with Crippen LogP contribution >= 0.6 is 0 Å². The van der Waals surface area contributed by atoms with Gasteiger partial charge in [-0.25, -0.2) is 0 Å². The van der Waals surface area contributed by atoms with Gasteiger partial charge < -0.3 is 5.21 Å². The lowest BCUT2D eigenvalue weighted by Crippen LogP contribution is -2.19. The summed E-state index contributed by atoms with van der Waals surface area (Å²) < 4.78 is 0. The summed E-state index contributed by atoms with van der Waals surface area (Å²) in [5, 5.41) is 9.19. The molecule has 82 valence electrons. The largest absolute Gasteiger partial charge is 0.316 e. The molecule has 2 N–H and O–H groups in total. The van der Waals surface area contributed by atoms with E-state index in [1.54, 1.807) is 0 Å². The molecule has 2 rings (SSSR count). The number of nitrogens with one attached hydrogen (secondary N) is 1. The number of hydrogen-bond acceptors (Lipinski definition) is 2. The van der Waals surface area contributed by atoms with Gasteiger partial charge in [0.1, 0.15) is 0 Å². The van der Waals surface area contributed by atoms with Gasteiger partial charge in [-0.15, -0.1) is 0 Å². The van der Waals surface area contributed by atoms with E-state index >= 15 is 0 Å². The van der Waals surface area contributed by atoms with Crippen molar-refractivity contribution in [2.24, 2.45) is 0 Å². The van der Waals surface area contributed by atoms with E-state index in [2.05, 4.69) is 17.6 Å². The van der Waals surface area contributed by atoms with E-state index in [9.17, 15) is 5.21 Å². The molecule has 2 aromatic carbocycles. The molecule has 0 amide bonds. The van der Waals surface area contributed by atoms with Crippen molar-refractivity contribution in [1.29, 1.82) is 0 Å². The Balaban J connectivity index is 2.13. The van der Waals surface area contributed by atoms with Gasteiger partial charge in [0, 0.05) is 0 Å². The molecule has 16 heavy (non-hydrogen) atoms. The molecule has 0 saturated carbocycles. The first-order valence-electron chi connectivity index (χ1n) is 5.38. The average molecular weight is 213 g/mol. The lowest BCUT2D eigenvalue weighted by atomic mass is 10.00. The molecule has 0 radical (unpaired) electrons. The van der Waals surface area contributed by atoms with Gasteiger partial charge in [0.25, 0.3) is 0 Å². The molecule has 2 aromatic rings. The third-order valence-electron chi connectivity index (χ3n) is 2.64. The molecule has 1 unspecified atom stereocenters. The van der Waals surface area contributed by atoms with E-state index in [-0.39, 0.29) is 6.04 Å². The van der Waals surface area contributed by atoms with Gasteiger partial charge in [-0.2, -0.15) is 5.48 Å². The predicted octanol–water partition coefficient (Wildman–Crippen LogP) is 2.95. The van der Waals surface area contributed by atoms with Crippen LogP contribution in [-0.4, -0.2) is 5.21 Å². The Bertz CT molecular complexity index is 413. The van der Waals surface area contributed by atoms with E-state index < -0.39 is 0 Å². The first kappa shape index (κ1) is 10.9. The topological polar surface area (TPSA) is 32.3 Å². The summed E-state index contributed by atoms with van der Waals surface area (Å²) in [6, 6.07) is 20.0. The molecule has 2 nitrogen and oxygen atoms in total. The van der Waals surface area contributed by atoms with Gasteiger partial charge in [0.05, 0.1) is 6.04 Å². The van der Waals surface area contributed by atoms with E-state index in [0.29, 0.717) is 0 Å². The molecule has 0 aliphatic rings. The number of hydroxylamine groups is 1. The van der Waals surface area contributed by atoms with Crippen LogP contribution in [0.2, 0.25) is 0 Å². The van der Waals surface area contributed by atoms with Crippen LogP contribution < -0.4 is 5.48 Å². The Kier molecular flexibility index (Phi) is 3.70. The molecule has 0 fully saturated rings. The van der Waals surface area contributed by atoms with Gasteiger partial charge >= 0.3 is 0 Å². The van der Waals surface area contributed by atoms with Crippen molar-refractivity contribution in [2.75, 3.05) is 0 Å². The van der Waals surface area contributed by atoms with Gasteiger partial charge in [0.2, 0.25) is 0 Å². The summed E-state index contributed by atoms with van der Waals surface area (Å²) in [7, 11) is 0. The van der Waals surface area contributed by atoms with Crippen molar-refractivity contribution >= 4 is 0 Å². The van der Waals surface area contributed by atoms with Gasteiger partial charge in [-0.1, -0.05) is 60.7 Å². The zero-order valence-electron chi connectivity index (χ0n) is 9.01. The van der Waals surface area contributed by atoms with Crippen molar-refractivity contribution in [3.05, 3.63) is 71.8 Å². The van der Waals surface area contributed by atoms with Crippen molar-refractivity contribution in [3.8, 4) is 0 Å². The highest BCUT2D eigenvalue weighted by Crippen LogP contribution is 2.17. The van der Waals surface area contributed by atoms with E-state index in [1.165, 1.54) is 5.56 Å².